The van der Waals surface area contributed by atoms with Gasteiger partial charge in [-0.3, -0.25) is 4.79 Å². The van der Waals surface area contributed by atoms with Crippen LogP contribution in [0.3, 0.4) is 0 Å². The number of carbonyl (C=O) groups is 2. The molecule has 1 rings (SSSR count). The highest BCUT2D eigenvalue weighted by atomic mass is 16.5. The van der Waals surface area contributed by atoms with Gasteiger partial charge in [0.05, 0.1) is 19.3 Å². The van der Waals surface area contributed by atoms with Crippen molar-refractivity contribution in [2.24, 2.45) is 5.73 Å². The van der Waals surface area contributed by atoms with E-state index in [1.54, 1.807) is 12.1 Å². The molecule has 1 atom stereocenters. The number of methoxy groups -OCH3 is 2. The molecule has 6 nitrogen and oxygen atoms in total. The number of rotatable bonds is 5. The smallest absolute Gasteiger partial charge is 0.338 e. The molecule has 1 unspecified atom stereocenters. The number of nitrogens with two attached hydrogens (primary N) is 1. The lowest BCUT2D eigenvalue weighted by Crippen LogP contribution is -2.39. The van der Waals surface area contributed by atoms with Crippen molar-refractivity contribution in [2.75, 3.05) is 26.1 Å². The van der Waals surface area contributed by atoms with Gasteiger partial charge in [-0.2, -0.15) is 0 Å². The van der Waals surface area contributed by atoms with Gasteiger partial charge in [-0.25, -0.2) is 4.79 Å². The molecule has 0 aromatic heterocycles. The molecule has 0 saturated carbocycles. The number of hydrogen-bond acceptors (Lipinski definition) is 5. The minimum atomic E-state index is -0.761. The fourth-order valence-corrected chi connectivity index (χ4v) is 1.74. The van der Waals surface area contributed by atoms with Crippen molar-refractivity contribution < 1.29 is 19.1 Å². The standard InChI is InChI=1S/C14H20N2O4/c1-8-5-10(16-13(17)12(15)7-19-3)6-11(9(8)2)14(18)20-4/h5-6,12H,7,15H2,1-4H3,(H,16,17). The average Bonchev–Trinajstić information content (AvgIpc) is 2.41. The molecular weight excluding hydrogens is 260 g/mol. The lowest BCUT2D eigenvalue weighted by atomic mass is 10.0. The number of amides is 1. The molecule has 0 bridgehead atoms. The van der Waals surface area contributed by atoms with Crippen molar-refractivity contribution in [3.05, 3.63) is 28.8 Å². The summed E-state index contributed by atoms with van der Waals surface area (Å²) >= 11 is 0. The number of anilines is 1. The zero-order valence-corrected chi connectivity index (χ0v) is 12.1. The van der Waals surface area contributed by atoms with E-state index >= 15 is 0 Å². The molecule has 1 aromatic carbocycles. The first-order chi connectivity index (χ1) is 9.40. The van der Waals surface area contributed by atoms with Gasteiger partial charge in [0.25, 0.3) is 0 Å². The second-order valence-corrected chi connectivity index (χ2v) is 4.51. The Hall–Kier alpha value is -1.92. The van der Waals surface area contributed by atoms with Gasteiger partial charge in [0.1, 0.15) is 6.04 Å². The van der Waals surface area contributed by atoms with E-state index in [0.29, 0.717) is 11.3 Å². The Morgan fingerprint density at radius 1 is 1.30 bits per heavy atom. The summed E-state index contributed by atoms with van der Waals surface area (Å²) in [5.41, 5.74) is 8.26. The van der Waals surface area contributed by atoms with Crippen molar-refractivity contribution in [3.8, 4) is 0 Å². The highest BCUT2D eigenvalue weighted by molar-refractivity contribution is 5.97. The summed E-state index contributed by atoms with van der Waals surface area (Å²) in [7, 11) is 2.79. The summed E-state index contributed by atoms with van der Waals surface area (Å²) in [5.74, 6) is -0.811. The van der Waals surface area contributed by atoms with Gasteiger partial charge >= 0.3 is 5.97 Å². The normalized spacial score (nSPS) is 11.8. The Labute approximate surface area is 118 Å². The van der Waals surface area contributed by atoms with Gasteiger partial charge in [-0.1, -0.05) is 0 Å². The van der Waals surface area contributed by atoms with Crippen LogP contribution < -0.4 is 11.1 Å². The third-order valence-corrected chi connectivity index (χ3v) is 3.02. The Bertz CT molecular complexity index is 514. The van der Waals surface area contributed by atoms with E-state index in [0.717, 1.165) is 11.1 Å². The first kappa shape index (κ1) is 16.1. The van der Waals surface area contributed by atoms with E-state index < -0.39 is 12.0 Å². The number of ether oxygens (including phenoxy) is 2. The van der Waals surface area contributed by atoms with E-state index in [2.05, 4.69) is 5.32 Å². The summed E-state index contributed by atoms with van der Waals surface area (Å²) < 4.78 is 9.55. The largest absolute Gasteiger partial charge is 0.465 e. The van der Waals surface area contributed by atoms with E-state index in [9.17, 15) is 9.59 Å². The number of esters is 1. The topological polar surface area (TPSA) is 90.6 Å². The Morgan fingerprint density at radius 3 is 2.50 bits per heavy atom. The summed E-state index contributed by atoms with van der Waals surface area (Å²) in [5, 5.41) is 2.66. The highest BCUT2D eigenvalue weighted by Crippen LogP contribution is 2.20. The van der Waals surface area contributed by atoms with Crippen LogP contribution >= 0.6 is 0 Å². The maximum Gasteiger partial charge on any atom is 0.338 e. The van der Waals surface area contributed by atoms with Crippen LogP contribution in [0.1, 0.15) is 21.5 Å². The number of aryl methyl sites for hydroxylation is 1. The molecule has 0 spiro atoms. The summed E-state index contributed by atoms with van der Waals surface area (Å²) in [6.45, 7) is 3.80. The molecule has 110 valence electrons. The minimum Gasteiger partial charge on any atom is -0.465 e. The molecule has 0 heterocycles. The summed E-state index contributed by atoms with van der Waals surface area (Å²) in [6.07, 6.45) is 0. The van der Waals surface area contributed by atoms with Crippen LogP contribution in [0.5, 0.6) is 0 Å². The Kier molecular flexibility index (Phi) is 5.66. The van der Waals surface area contributed by atoms with Crippen molar-refractivity contribution in [2.45, 2.75) is 19.9 Å². The maximum absolute atomic E-state index is 11.8. The summed E-state index contributed by atoms with van der Waals surface area (Å²) in [4.78, 5) is 23.5. The number of carbonyl (C=O) groups excluding carboxylic acids is 2. The predicted octanol–water partition coefficient (Wildman–Crippen LogP) is 1.00. The van der Waals surface area contributed by atoms with Gasteiger partial charge in [-0.15, -0.1) is 0 Å². The van der Waals surface area contributed by atoms with E-state index in [-0.39, 0.29) is 12.5 Å². The SMILES string of the molecule is COCC(N)C(=O)Nc1cc(C)c(C)c(C(=O)OC)c1. The molecular formula is C14H20N2O4. The van der Waals surface area contributed by atoms with E-state index in [4.69, 9.17) is 15.2 Å². The van der Waals surface area contributed by atoms with Crippen LogP contribution in [-0.2, 0) is 14.3 Å². The second kappa shape index (κ2) is 7.02. The lowest BCUT2D eigenvalue weighted by Gasteiger charge is -2.14. The van der Waals surface area contributed by atoms with Gasteiger partial charge in [0.15, 0.2) is 0 Å². The zero-order valence-electron chi connectivity index (χ0n) is 12.1. The maximum atomic E-state index is 11.8. The second-order valence-electron chi connectivity index (χ2n) is 4.51. The average molecular weight is 280 g/mol. The van der Waals surface area contributed by atoms with Crippen molar-refractivity contribution in [3.63, 3.8) is 0 Å². The van der Waals surface area contributed by atoms with Gasteiger partial charge in [-0.05, 0) is 37.1 Å². The quantitative estimate of drug-likeness (QED) is 0.785. The molecule has 0 aliphatic rings. The van der Waals surface area contributed by atoms with Gasteiger partial charge in [0.2, 0.25) is 5.91 Å². The van der Waals surface area contributed by atoms with Crippen molar-refractivity contribution in [1.29, 1.82) is 0 Å². The van der Waals surface area contributed by atoms with Gasteiger partial charge in [0, 0.05) is 12.8 Å². The third-order valence-electron chi connectivity index (χ3n) is 3.02. The highest BCUT2D eigenvalue weighted by Gasteiger charge is 2.16. The molecule has 0 fully saturated rings. The molecule has 3 N–H and O–H groups in total. The molecule has 6 heteroatoms. The van der Waals surface area contributed by atoms with Crippen LogP contribution in [0, 0.1) is 13.8 Å². The molecule has 0 saturated heterocycles. The number of hydrogen-bond donors (Lipinski definition) is 2. The zero-order chi connectivity index (χ0) is 15.3. The van der Waals surface area contributed by atoms with Crippen LogP contribution in [0.4, 0.5) is 5.69 Å². The number of benzene rings is 1. The predicted molar refractivity (Wildman–Crippen MR) is 75.7 cm³/mol. The fourth-order valence-electron chi connectivity index (χ4n) is 1.74. The molecule has 0 aliphatic heterocycles. The first-order valence-corrected chi connectivity index (χ1v) is 6.15. The molecule has 0 aliphatic carbocycles. The van der Waals surface area contributed by atoms with Crippen molar-refractivity contribution in [1.82, 2.24) is 0 Å². The third kappa shape index (κ3) is 3.79. The lowest BCUT2D eigenvalue weighted by molar-refractivity contribution is -0.118. The molecule has 1 aromatic rings. The van der Waals surface area contributed by atoms with Crippen molar-refractivity contribution >= 4 is 17.6 Å². The molecule has 0 radical (unpaired) electrons. The van der Waals surface area contributed by atoms with Crippen LogP contribution in [0.25, 0.3) is 0 Å². The van der Waals surface area contributed by atoms with E-state index in [1.165, 1.54) is 14.2 Å². The van der Waals surface area contributed by atoms with Crippen LogP contribution in [-0.4, -0.2) is 38.7 Å². The van der Waals surface area contributed by atoms with Gasteiger partial charge < -0.3 is 20.5 Å². The van der Waals surface area contributed by atoms with Crippen LogP contribution in [0.15, 0.2) is 12.1 Å². The Balaban J connectivity index is 3.00. The monoisotopic (exact) mass is 280 g/mol. The summed E-state index contributed by atoms with van der Waals surface area (Å²) in [6, 6.07) is 2.59. The first-order valence-electron chi connectivity index (χ1n) is 6.15. The number of nitrogens with one attached hydrogen (secondary N) is 1. The molecule has 20 heavy (non-hydrogen) atoms. The Morgan fingerprint density at radius 2 is 1.95 bits per heavy atom. The van der Waals surface area contributed by atoms with Crippen LogP contribution in [0.2, 0.25) is 0 Å². The molecule has 1 amide bonds. The minimum absolute atomic E-state index is 0.126. The van der Waals surface area contributed by atoms with E-state index in [1.807, 2.05) is 13.8 Å². The fraction of sp³-hybridized carbons (Fsp3) is 0.429.